The maximum atomic E-state index is 10.7. The molecule has 4 nitrogen and oxygen atoms in total. The number of hydrogen-bond donors (Lipinski definition) is 1. The Morgan fingerprint density at radius 2 is 2.27 bits per heavy atom. The van der Waals surface area contributed by atoms with Crippen molar-refractivity contribution >= 4 is 5.97 Å². The summed E-state index contributed by atoms with van der Waals surface area (Å²) in [7, 11) is 1.34. The van der Waals surface area contributed by atoms with Gasteiger partial charge in [-0.15, -0.1) is 0 Å². The number of ether oxygens (including phenoxy) is 2. The number of methoxy groups -OCH3 is 1. The molecular formula is C7H12O4. The van der Waals surface area contributed by atoms with Gasteiger partial charge in [0, 0.05) is 0 Å². The Bertz CT molecular complexity index is 151. The zero-order valence-corrected chi connectivity index (χ0v) is 6.66. The van der Waals surface area contributed by atoms with Gasteiger partial charge in [0.25, 0.3) is 0 Å². The van der Waals surface area contributed by atoms with Crippen molar-refractivity contribution in [1.29, 1.82) is 0 Å². The van der Waals surface area contributed by atoms with Gasteiger partial charge in [-0.3, -0.25) is 0 Å². The van der Waals surface area contributed by atoms with Crippen molar-refractivity contribution in [1.82, 2.24) is 0 Å². The monoisotopic (exact) mass is 160 g/mol. The number of aliphatic hydroxyl groups is 1. The summed E-state index contributed by atoms with van der Waals surface area (Å²) in [6.07, 6.45) is 1.66. The Morgan fingerprint density at radius 3 is 2.73 bits per heavy atom. The van der Waals surface area contributed by atoms with Crippen molar-refractivity contribution < 1.29 is 19.4 Å². The van der Waals surface area contributed by atoms with Crippen LogP contribution in [0.2, 0.25) is 0 Å². The van der Waals surface area contributed by atoms with Crippen molar-refractivity contribution in [3.05, 3.63) is 12.0 Å². The Balaban J connectivity index is 3.73. The summed E-state index contributed by atoms with van der Waals surface area (Å²) < 4.78 is 8.96. The number of carbonyl (C=O) groups excluding carboxylic acids is 1. The summed E-state index contributed by atoms with van der Waals surface area (Å²) in [5, 5.41) is 8.81. The van der Waals surface area contributed by atoms with E-state index in [1.165, 1.54) is 7.11 Å². The Hall–Kier alpha value is -1.19. The van der Waals surface area contributed by atoms with E-state index in [0.717, 1.165) is 12.7 Å². The topological polar surface area (TPSA) is 55.8 Å². The Morgan fingerprint density at radius 1 is 1.64 bits per heavy atom. The average Bonchev–Trinajstić information content (AvgIpc) is 2.00. The van der Waals surface area contributed by atoms with E-state index in [2.05, 4.69) is 9.47 Å². The summed E-state index contributed by atoms with van der Waals surface area (Å²) in [6, 6.07) is 0. The van der Waals surface area contributed by atoms with Crippen molar-refractivity contribution in [2.75, 3.05) is 13.7 Å². The fourth-order valence-corrected chi connectivity index (χ4v) is 0.428. The van der Waals surface area contributed by atoms with Gasteiger partial charge in [-0.05, 0) is 6.42 Å². The van der Waals surface area contributed by atoms with Gasteiger partial charge in [0.05, 0.1) is 13.7 Å². The fourth-order valence-electron chi connectivity index (χ4n) is 0.428. The highest BCUT2D eigenvalue weighted by Gasteiger charge is 2.07. The first-order valence-corrected chi connectivity index (χ1v) is 3.31. The maximum Gasteiger partial charge on any atom is 0.376 e. The van der Waals surface area contributed by atoms with Crippen molar-refractivity contribution in [2.24, 2.45) is 0 Å². The molecule has 0 aliphatic heterocycles. The fraction of sp³-hybridized carbons (Fsp3) is 0.571. The van der Waals surface area contributed by atoms with Crippen molar-refractivity contribution in [3.63, 3.8) is 0 Å². The summed E-state index contributed by atoms with van der Waals surface area (Å²) in [5.74, 6) is -1.27. The van der Waals surface area contributed by atoms with Crippen molar-refractivity contribution in [3.8, 4) is 0 Å². The third-order valence-corrected chi connectivity index (χ3v) is 0.876. The first-order chi connectivity index (χ1) is 5.22. The van der Waals surface area contributed by atoms with Crippen LogP contribution in [0.15, 0.2) is 12.0 Å². The van der Waals surface area contributed by atoms with Crippen molar-refractivity contribution in [2.45, 2.75) is 13.3 Å². The van der Waals surface area contributed by atoms with Gasteiger partial charge in [0.2, 0.25) is 5.76 Å². The summed E-state index contributed by atoms with van der Waals surface area (Å²) in [6.45, 7) is 2.17. The molecule has 11 heavy (non-hydrogen) atoms. The zero-order chi connectivity index (χ0) is 8.69. The molecule has 0 atom stereocenters. The third-order valence-electron chi connectivity index (χ3n) is 0.876. The van der Waals surface area contributed by atoms with E-state index in [1.807, 2.05) is 6.92 Å². The molecule has 0 spiro atoms. The minimum absolute atomic E-state index is 0.306. The number of rotatable bonds is 4. The molecule has 0 amide bonds. The van der Waals surface area contributed by atoms with Crippen LogP contribution in [0.25, 0.3) is 0 Å². The number of carbonyl (C=O) groups is 1. The molecule has 0 unspecified atom stereocenters. The lowest BCUT2D eigenvalue weighted by Crippen LogP contribution is -2.08. The molecule has 0 saturated carbocycles. The second-order valence-corrected chi connectivity index (χ2v) is 1.87. The molecule has 0 saturated heterocycles. The standard InChI is InChI=1S/C7H12O4/c1-3-4-11-7(9)6(8)5-10-2/h5,8H,3-4H2,1-2H3. The highest BCUT2D eigenvalue weighted by molar-refractivity contribution is 5.85. The smallest absolute Gasteiger partial charge is 0.376 e. The molecule has 0 rings (SSSR count). The second kappa shape index (κ2) is 5.58. The maximum absolute atomic E-state index is 10.7. The van der Waals surface area contributed by atoms with Gasteiger partial charge >= 0.3 is 5.97 Å². The molecule has 0 heterocycles. The van der Waals surface area contributed by atoms with Crippen LogP contribution in [-0.4, -0.2) is 24.8 Å². The normalized spacial score (nSPS) is 10.9. The van der Waals surface area contributed by atoms with Crippen LogP contribution in [0.3, 0.4) is 0 Å². The van der Waals surface area contributed by atoms with Gasteiger partial charge in [-0.1, -0.05) is 6.92 Å². The molecule has 0 aromatic carbocycles. The quantitative estimate of drug-likeness (QED) is 0.378. The Kier molecular flexibility index (Phi) is 4.98. The van der Waals surface area contributed by atoms with Gasteiger partial charge < -0.3 is 14.6 Å². The number of aliphatic hydroxyl groups excluding tert-OH is 1. The molecule has 0 aliphatic rings. The van der Waals surface area contributed by atoms with Gasteiger partial charge in [0.15, 0.2) is 0 Å². The number of hydrogen-bond acceptors (Lipinski definition) is 4. The summed E-state index contributed by atoms with van der Waals surface area (Å²) in [4.78, 5) is 10.7. The van der Waals surface area contributed by atoms with E-state index in [1.54, 1.807) is 0 Å². The molecular weight excluding hydrogens is 148 g/mol. The van der Waals surface area contributed by atoms with Gasteiger partial charge in [0.1, 0.15) is 6.26 Å². The van der Waals surface area contributed by atoms with Crippen LogP contribution >= 0.6 is 0 Å². The van der Waals surface area contributed by atoms with E-state index >= 15 is 0 Å². The summed E-state index contributed by atoms with van der Waals surface area (Å²) >= 11 is 0. The number of esters is 1. The largest absolute Gasteiger partial charge is 0.500 e. The molecule has 0 bridgehead atoms. The molecule has 1 N–H and O–H groups in total. The van der Waals surface area contributed by atoms with Crippen LogP contribution < -0.4 is 0 Å². The molecule has 64 valence electrons. The predicted molar refractivity (Wildman–Crippen MR) is 39.0 cm³/mol. The molecule has 0 radical (unpaired) electrons. The van der Waals surface area contributed by atoms with Crippen LogP contribution in [0.5, 0.6) is 0 Å². The lowest BCUT2D eigenvalue weighted by Gasteiger charge is -2.00. The third kappa shape index (κ3) is 4.25. The SMILES string of the molecule is CCCOC(=O)C(O)=COC. The predicted octanol–water partition coefficient (Wildman–Crippen LogP) is 0.985. The van der Waals surface area contributed by atoms with Crippen LogP contribution in [-0.2, 0) is 14.3 Å². The van der Waals surface area contributed by atoms with Crippen LogP contribution in [0, 0.1) is 0 Å². The molecule has 0 aromatic heterocycles. The zero-order valence-electron chi connectivity index (χ0n) is 6.66. The average molecular weight is 160 g/mol. The first-order valence-electron chi connectivity index (χ1n) is 3.31. The van der Waals surface area contributed by atoms with Gasteiger partial charge in [-0.2, -0.15) is 0 Å². The van der Waals surface area contributed by atoms with Gasteiger partial charge in [-0.25, -0.2) is 4.79 Å². The van der Waals surface area contributed by atoms with E-state index < -0.39 is 11.7 Å². The summed E-state index contributed by atoms with van der Waals surface area (Å²) in [5.41, 5.74) is 0. The van der Waals surface area contributed by atoms with Crippen LogP contribution in [0.1, 0.15) is 13.3 Å². The minimum atomic E-state index is -0.756. The molecule has 0 fully saturated rings. The highest BCUT2D eigenvalue weighted by Crippen LogP contribution is 1.93. The van der Waals surface area contributed by atoms with E-state index in [9.17, 15) is 4.79 Å². The highest BCUT2D eigenvalue weighted by atomic mass is 16.5. The van der Waals surface area contributed by atoms with E-state index in [4.69, 9.17) is 5.11 Å². The molecule has 0 aromatic rings. The first kappa shape index (κ1) is 9.81. The van der Waals surface area contributed by atoms with E-state index in [0.29, 0.717) is 6.61 Å². The Labute approximate surface area is 65.4 Å². The molecule has 4 heteroatoms. The second-order valence-electron chi connectivity index (χ2n) is 1.87. The lowest BCUT2D eigenvalue weighted by atomic mass is 10.5. The lowest BCUT2D eigenvalue weighted by molar-refractivity contribution is -0.142. The minimum Gasteiger partial charge on any atom is -0.500 e. The van der Waals surface area contributed by atoms with Crippen LogP contribution in [0.4, 0.5) is 0 Å². The molecule has 0 aliphatic carbocycles. The van der Waals surface area contributed by atoms with E-state index in [-0.39, 0.29) is 0 Å².